The SMILES string of the molecule is CC(C)c1ccc(OC(=O)C23CCC(C)(C(=O)C2)C3(C)C)cc1. The van der Waals surface area contributed by atoms with Crippen LogP contribution in [-0.2, 0) is 9.59 Å². The first-order valence-electron chi connectivity index (χ1n) is 8.50. The number of benzene rings is 1. The second kappa shape index (κ2) is 4.93. The minimum atomic E-state index is -0.671. The van der Waals surface area contributed by atoms with Crippen LogP contribution in [-0.4, -0.2) is 11.8 Å². The van der Waals surface area contributed by atoms with Crippen molar-refractivity contribution in [1.82, 2.24) is 0 Å². The summed E-state index contributed by atoms with van der Waals surface area (Å²) in [5, 5.41) is 0. The van der Waals surface area contributed by atoms with Crippen LogP contribution in [0.4, 0.5) is 0 Å². The molecule has 2 saturated carbocycles. The number of hydrogen-bond acceptors (Lipinski definition) is 3. The van der Waals surface area contributed by atoms with E-state index < -0.39 is 10.8 Å². The lowest BCUT2D eigenvalue weighted by Crippen LogP contribution is -2.42. The van der Waals surface area contributed by atoms with E-state index in [1.54, 1.807) is 0 Å². The molecule has 0 N–H and O–H groups in total. The topological polar surface area (TPSA) is 43.4 Å². The molecule has 2 bridgehead atoms. The maximum Gasteiger partial charge on any atom is 0.318 e. The van der Waals surface area contributed by atoms with Crippen molar-refractivity contribution in [1.29, 1.82) is 0 Å². The quantitative estimate of drug-likeness (QED) is 0.609. The lowest BCUT2D eigenvalue weighted by atomic mass is 9.65. The summed E-state index contributed by atoms with van der Waals surface area (Å²) in [5.74, 6) is 0.980. The first-order valence-corrected chi connectivity index (χ1v) is 8.50. The first-order chi connectivity index (χ1) is 10.6. The molecule has 23 heavy (non-hydrogen) atoms. The normalized spacial score (nSPS) is 31.7. The van der Waals surface area contributed by atoms with Crippen molar-refractivity contribution in [3.05, 3.63) is 29.8 Å². The molecule has 0 radical (unpaired) electrons. The summed E-state index contributed by atoms with van der Waals surface area (Å²) in [7, 11) is 0. The Balaban J connectivity index is 1.85. The smallest absolute Gasteiger partial charge is 0.318 e. The number of ether oxygens (including phenoxy) is 1. The van der Waals surface area contributed by atoms with E-state index in [1.807, 2.05) is 45.0 Å². The predicted octanol–water partition coefficient (Wildman–Crippen LogP) is 4.50. The highest BCUT2D eigenvalue weighted by Gasteiger charge is 2.73. The van der Waals surface area contributed by atoms with E-state index in [-0.39, 0.29) is 17.2 Å². The number of carbonyl (C=O) groups is 2. The van der Waals surface area contributed by atoms with Gasteiger partial charge in [0.25, 0.3) is 0 Å². The average Bonchev–Trinajstić information content (AvgIpc) is 2.78. The number of hydrogen-bond donors (Lipinski definition) is 0. The van der Waals surface area contributed by atoms with Gasteiger partial charge in [0.1, 0.15) is 11.5 Å². The summed E-state index contributed by atoms with van der Waals surface area (Å²) >= 11 is 0. The molecule has 0 heterocycles. The van der Waals surface area contributed by atoms with Crippen LogP contribution in [0.15, 0.2) is 24.3 Å². The Bertz CT molecular complexity index is 656. The van der Waals surface area contributed by atoms with Crippen molar-refractivity contribution in [3.63, 3.8) is 0 Å². The van der Waals surface area contributed by atoms with Gasteiger partial charge in [0.2, 0.25) is 0 Å². The predicted molar refractivity (Wildman–Crippen MR) is 89.3 cm³/mol. The van der Waals surface area contributed by atoms with Crippen LogP contribution in [0, 0.1) is 16.2 Å². The van der Waals surface area contributed by atoms with Gasteiger partial charge >= 0.3 is 5.97 Å². The minimum Gasteiger partial charge on any atom is -0.426 e. The van der Waals surface area contributed by atoms with Crippen molar-refractivity contribution in [3.8, 4) is 5.75 Å². The zero-order chi connectivity index (χ0) is 17.0. The van der Waals surface area contributed by atoms with Crippen molar-refractivity contribution in [2.75, 3.05) is 0 Å². The van der Waals surface area contributed by atoms with Crippen molar-refractivity contribution < 1.29 is 14.3 Å². The van der Waals surface area contributed by atoms with E-state index in [2.05, 4.69) is 13.8 Å². The van der Waals surface area contributed by atoms with Crippen LogP contribution >= 0.6 is 0 Å². The highest BCUT2D eigenvalue weighted by molar-refractivity contribution is 5.98. The molecule has 3 rings (SSSR count). The number of fused-ring (bicyclic) bond motifs is 2. The van der Waals surface area contributed by atoms with Gasteiger partial charge in [-0.15, -0.1) is 0 Å². The molecule has 2 aliphatic carbocycles. The Kier molecular flexibility index (Phi) is 3.48. The van der Waals surface area contributed by atoms with E-state index in [0.717, 1.165) is 12.8 Å². The molecule has 1 aromatic carbocycles. The molecule has 0 spiro atoms. The lowest BCUT2D eigenvalue weighted by molar-refractivity contribution is -0.151. The van der Waals surface area contributed by atoms with Crippen LogP contribution in [0.5, 0.6) is 5.75 Å². The van der Waals surface area contributed by atoms with Crippen LogP contribution < -0.4 is 4.74 Å². The highest BCUT2D eigenvalue weighted by Crippen LogP contribution is 2.70. The van der Waals surface area contributed by atoms with Crippen LogP contribution in [0.2, 0.25) is 0 Å². The third-order valence-electron chi connectivity index (χ3n) is 6.85. The van der Waals surface area contributed by atoms with Gasteiger partial charge in [0.05, 0.1) is 5.41 Å². The van der Waals surface area contributed by atoms with E-state index in [1.165, 1.54) is 5.56 Å². The number of ketones is 1. The highest BCUT2D eigenvalue weighted by atomic mass is 16.5. The Morgan fingerprint density at radius 2 is 1.70 bits per heavy atom. The maximum absolute atomic E-state index is 12.9. The molecule has 2 aliphatic rings. The summed E-state index contributed by atoms with van der Waals surface area (Å²) < 4.78 is 5.69. The Hall–Kier alpha value is -1.64. The summed E-state index contributed by atoms with van der Waals surface area (Å²) in [5.41, 5.74) is -0.206. The zero-order valence-corrected chi connectivity index (χ0v) is 14.7. The number of Topliss-reactive ketones (excluding diaryl/α,β-unsaturated/α-hetero) is 1. The molecule has 1 aromatic rings. The summed E-state index contributed by atoms with van der Waals surface area (Å²) in [4.78, 5) is 25.4. The summed E-state index contributed by atoms with van der Waals surface area (Å²) in [6.45, 7) is 10.4. The van der Waals surface area contributed by atoms with E-state index in [0.29, 0.717) is 18.1 Å². The molecular weight excluding hydrogens is 288 g/mol. The molecule has 3 nitrogen and oxygen atoms in total. The van der Waals surface area contributed by atoms with Gasteiger partial charge in [-0.05, 0) is 41.9 Å². The van der Waals surface area contributed by atoms with Gasteiger partial charge < -0.3 is 4.74 Å². The van der Waals surface area contributed by atoms with Crippen LogP contribution in [0.25, 0.3) is 0 Å². The van der Waals surface area contributed by atoms with Gasteiger partial charge in [-0.2, -0.15) is 0 Å². The van der Waals surface area contributed by atoms with Crippen LogP contribution in [0.1, 0.15) is 65.4 Å². The zero-order valence-electron chi connectivity index (χ0n) is 14.7. The fourth-order valence-corrected chi connectivity index (χ4v) is 4.44. The lowest BCUT2D eigenvalue weighted by Gasteiger charge is -2.37. The first kappa shape index (κ1) is 16.2. The van der Waals surface area contributed by atoms with Crippen molar-refractivity contribution in [2.24, 2.45) is 16.2 Å². The van der Waals surface area contributed by atoms with Crippen LogP contribution in [0.3, 0.4) is 0 Å². The average molecular weight is 314 g/mol. The summed E-state index contributed by atoms with van der Waals surface area (Å²) in [6.07, 6.45) is 1.84. The standard InChI is InChI=1S/C20H26O3/c1-13(2)14-6-8-15(9-7-14)23-17(22)20-11-10-19(5,16(21)12-20)18(20,3)4/h6-9,13H,10-12H2,1-5H3. The Morgan fingerprint density at radius 3 is 2.13 bits per heavy atom. The number of rotatable bonds is 3. The largest absolute Gasteiger partial charge is 0.426 e. The van der Waals surface area contributed by atoms with Gasteiger partial charge in [0, 0.05) is 11.8 Å². The molecule has 0 aromatic heterocycles. The molecule has 0 saturated heterocycles. The fraction of sp³-hybridized carbons (Fsp3) is 0.600. The second-order valence-corrected chi connectivity index (χ2v) is 8.25. The third-order valence-corrected chi connectivity index (χ3v) is 6.85. The summed E-state index contributed by atoms with van der Waals surface area (Å²) in [6, 6.07) is 7.69. The third kappa shape index (κ3) is 2.02. The molecule has 2 unspecified atom stereocenters. The molecule has 2 atom stereocenters. The Morgan fingerprint density at radius 1 is 1.09 bits per heavy atom. The van der Waals surface area contributed by atoms with Gasteiger partial charge in [-0.3, -0.25) is 9.59 Å². The monoisotopic (exact) mass is 314 g/mol. The molecular formula is C20H26O3. The number of esters is 1. The number of carbonyl (C=O) groups excluding carboxylic acids is 2. The molecule has 0 aliphatic heterocycles. The minimum absolute atomic E-state index is 0.209. The Labute approximate surface area is 138 Å². The maximum atomic E-state index is 12.9. The van der Waals surface area contributed by atoms with E-state index in [4.69, 9.17) is 4.74 Å². The van der Waals surface area contributed by atoms with Gasteiger partial charge in [0.15, 0.2) is 0 Å². The van der Waals surface area contributed by atoms with E-state index >= 15 is 0 Å². The molecule has 2 fully saturated rings. The molecule has 0 amide bonds. The fourth-order valence-electron chi connectivity index (χ4n) is 4.44. The van der Waals surface area contributed by atoms with Crippen molar-refractivity contribution >= 4 is 11.8 Å². The van der Waals surface area contributed by atoms with E-state index in [9.17, 15) is 9.59 Å². The van der Waals surface area contributed by atoms with Crippen molar-refractivity contribution in [2.45, 2.75) is 59.8 Å². The second-order valence-electron chi connectivity index (χ2n) is 8.25. The molecule has 124 valence electrons. The molecule has 3 heteroatoms. The van der Waals surface area contributed by atoms with Gasteiger partial charge in [-0.25, -0.2) is 0 Å². The van der Waals surface area contributed by atoms with Gasteiger partial charge in [-0.1, -0.05) is 46.8 Å².